The van der Waals surface area contributed by atoms with Crippen LogP contribution in [0.5, 0.6) is 11.5 Å². The van der Waals surface area contributed by atoms with Gasteiger partial charge in [-0.1, -0.05) is 79.2 Å². The average Bonchev–Trinajstić information content (AvgIpc) is 1.39. The molecular weight excluding hydrogens is 1410 g/mol. The molecule has 4 aromatic rings. The maximum Gasteiger partial charge on any atom is 0.371 e. The van der Waals surface area contributed by atoms with Gasteiger partial charge in [-0.2, -0.15) is 0 Å². The summed E-state index contributed by atoms with van der Waals surface area (Å²) in [5.74, 6) is -8.95. The van der Waals surface area contributed by atoms with Crippen LogP contribution in [0.15, 0.2) is 115 Å². The summed E-state index contributed by atoms with van der Waals surface area (Å²) in [7, 11) is 0. The Labute approximate surface area is 604 Å². The van der Waals surface area contributed by atoms with Crippen LogP contribution in [0.1, 0.15) is 148 Å². The van der Waals surface area contributed by atoms with Crippen LogP contribution in [0.2, 0.25) is 0 Å². The number of carbonyl (C=O) groups excluding carboxylic acids is 7. The minimum Gasteiger partial charge on any atom is -0.491 e. The van der Waals surface area contributed by atoms with Crippen molar-refractivity contribution in [3.63, 3.8) is 0 Å². The van der Waals surface area contributed by atoms with Gasteiger partial charge in [-0.05, 0) is 142 Å². The molecule has 2 aromatic carbocycles. The van der Waals surface area contributed by atoms with Gasteiger partial charge in [0.1, 0.15) is 59.5 Å². The van der Waals surface area contributed by atoms with Crippen LogP contribution in [-0.4, -0.2) is 150 Å². The molecule has 0 saturated heterocycles. The Balaban J connectivity index is 0.000000168. The summed E-state index contributed by atoms with van der Waals surface area (Å²) in [5, 5.41) is 50.8. The first kappa shape index (κ1) is 78.4. The quantitative estimate of drug-likeness (QED) is 0.0351. The largest absolute Gasteiger partial charge is 0.491 e. The van der Waals surface area contributed by atoms with Crippen molar-refractivity contribution in [2.45, 2.75) is 173 Å². The van der Waals surface area contributed by atoms with E-state index in [1.54, 1.807) is 40.7 Å². The highest BCUT2D eigenvalue weighted by molar-refractivity contribution is 8.13. The van der Waals surface area contributed by atoms with Crippen molar-refractivity contribution in [2.24, 2.45) is 57.2 Å². The van der Waals surface area contributed by atoms with Gasteiger partial charge in [-0.25, -0.2) is 22.8 Å². The summed E-state index contributed by atoms with van der Waals surface area (Å²) in [6, 6.07) is 9.26. The molecule has 1 unspecified atom stereocenters. The number of aromatic carboxylic acids is 2. The number of ketones is 3. The van der Waals surface area contributed by atoms with E-state index in [0.29, 0.717) is 31.0 Å². The number of ether oxygens (including phenoxy) is 5. The van der Waals surface area contributed by atoms with Gasteiger partial charge in [0.2, 0.25) is 22.4 Å². The molecule has 6 saturated carbocycles. The number of alkyl halides is 4. The molecule has 2 aromatic heterocycles. The van der Waals surface area contributed by atoms with E-state index in [2.05, 4.69) is 0 Å². The fourth-order valence-corrected chi connectivity index (χ4v) is 20.1. The number of benzene rings is 2. The minimum absolute atomic E-state index is 0.0141. The van der Waals surface area contributed by atoms with Crippen molar-refractivity contribution in [1.82, 2.24) is 0 Å². The average molecular weight is 1490 g/mol. The molecule has 560 valence electrons. The van der Waals surface area contributed by atoms with Gasteiger partial charge in [0.15, 0.2) is 45.9 Å². The van der Waals surface area contributed by atoms with Crippen LogP contribution in [0.25, 0.3) is 21.9 Å². The van der Waals surface area contributed by atoms with Gasteiger partial charge < -0.3 is 58.1 Å². The molecule has 0 spiro atoms. The van der Waals surface area contributed by atoms with E-state index in [9.17, 15) is 72.4 Å². The van der Waals surface area contributed by atoms with Crippen LogP contribution in [0.4, 0.5) is 13.2 Å². The van der Waals surface area contributed by atoms with Crippen molar-refractivity contribution in [2.75, 3.05) is 25.8 Å². The van der Waals surface area contributed by atoms with Gasteiger partial charge in [-0.15, -0.1) is 11.6 Å². The normalized spacial score (nSPS) is 34.3. The van der Waals surface area contributed by atoms with Crippen molar-refractivity contribution in [1.29, 1.82) is 0 Å². The lowest BCUT2D eigenvalue weighted by Crippen LogP contribution is -2.70. The Bertz CT molecular complexity index is 4430. The molecule has 0 aliphatic heterocycles. The topological polar surface area (TPSA) is 361 Å². The zero-order chi connectivity index (χ0) is 76.4. The molecule has 5 N–H and O–H groups in total. The third-order valence-corrected chi connectivity index (χ3v) is 25.3. The molecule has 6 fully saturated rings. The first-order chi connectivity index (χ1) is 48.9. The monoisotopic (exact) mass is 1490 g/mol. The van der Waals surface area contributed by atoms with E-state index < -0.39 is 167 Å². The third-order valence-electron chi connectivity index (χ3n) is 23.7. The number of Topliss-reactive ketones (excluding diaryl/α,β-unsaturated/α-hetero) is 1. The molecule has 0 bridgehead atoms. The number of allylic oxidation sites excluding steroid dienone is 8. The number of rotatable bonds is 18. The minimum atomic E-state index is -2.30. The maximum absolute atomic E-state index is 17.2. The molecule has 12 rings (SSSR count). The molecule has 0 radical (unpaired) electrons. The molecule has 2 heterocycles. The first-order valence-corrected chi connectivity index (χ1v) is 35.9. The number of fused-ring (bicyclic) bond motifs is 12. The fraction of sp³-hybridized carbons (Fsp3) is 0.539. The van der Waals surface area contributed by atoms with Crippen LogP contribution in [-0.2, 0) is 47.8 Å². The molecule has 0 amide bonds. The van der Waals surface area contributed by atoms with Gasteiger partial charge in [0, 0.05) is 70.8 Å². The zero-order valence-corrected chi connectivity index (χ0v) is 60.3. The summed E-state index contributed by atoms with van der Waals surface area (Å²) >= 11 is 7.87. The lowest BCUT2D eigenvalue weighted by atomic mass is 9.44. The molecular formula is C76H84ClF3O23S. The number of aliphatic hydroxyl groups is 3. The van der Waals surface area contributed by atoms with E-state index in [1.165, 1.54) is 61.5 Å². The lowest BCUT2D eigenvalue weighted by molar-refractivity contribution is -0.228. The van der Waals surface area contributed by atoms with Gasteiger partial charge in [0.05, 0.1) is 22.5 Å². The molecule has 28 heteroatoms. The first-order valence-electron chi connectivity index (χ1n) is 34.6. The number of halogens is 4. The Hall–Kier alpha value is -8.24. The van der Waals surface area contributed by atoms with Crippen molar-refractivity contribution in [3.05, 3.63) is 128 Å². The predicted octanol–water partition coefficient (Wildman–Crippen LogP) is 10.6. The van der Waals surface area contributed by atoms with E-state index in [1.807, 2.05) is 26.8 Å². The highest BCUT2D eigenvalue weighted by Crippen LogP contribution is 2.74. The fourth-order valence-electron chi connectivity index (χ4n) is 18.8. The number of carbonyl (C=O) groups is 9. The second kappa shape index (κ2) is 29.2. The van der Waals surface area contributed by atoms with Crippen LogP contribution >= 0.6 is 23.4 Å². The second-order valence-electron chi connectivity index (χ2n) is 29.1. The third kappa shape index (κ3) is 12.7. The summed E-state index contributed by atoms with van der Waals surface area (Å²) < 4.78 is 84.4. The lowest BCUT2D eigenvalue weighted by Gasteiger charge is -2.64. The number of hydrogen-bond acceptors (Lipinski definition) is 22. The molecule has 8 aliphatic rings. The number of hydrogen-bond donors (Lipinski definition) is 5. The van der Waals surface area contributed by atoms with Gasteiger partial charge in [-0.3, -0.25) is 43.2 Å². The maximum atomic E-state index is 17.2. The Morgan fingerprint density at radius 1 is 0.683 bits per heavy atom. The van der Waals surface area contributed by atoms with Crippen LogP contribution < -0.4 is 20.3 Å². The van der Waals surface area contributed by atoms with Crippen LogP contribution in [0, 0.1) is 57.2 Å². The zero-order valence-electron chi connectivity index (χ0n) is 58.8. The summed E-state index contributed by atoms with van der Waals surface area (Å²) in [5.41, 5.74) is -10.2. The van der Waals surface area contributed by atoms with E-state index in [0.717, 1.165) is 23.8 Å². The van der Waals surface area contributed by atoms with E-state index in [4.69, 9.17) is 54.3 Å². The van der Waals surface area contributed by atoms with Crippen molar-refractivity contribution in [3.8, 4) is 11.5 Å². The van der Waals surface area contributed by atoms with Gasteiger partial charge in [0.25, 0.3) is 0 Å². The van der Waals surface area contributed by atoms with E-state index in [-0.39, 0.29) is 121 Å². The van der Waals surface area contributed by atoms with Crippen molar-refractivity contribution >= 4 is 97.6 Å². The Kier molecular flexibility index (Phi) is 22.0. The highest BCUT2D eigenvalue weighted by atomic mass is 35.5. The molecule has 8 aliphatic carbocycles. The summed E-state index contributed by atoms with van der Waals surface area (Å²) in [4.78, 5) is 134. The van der Waals surface area contributed by atoms with E-state index >= 15 is 8.78 Å². The summed E-state index contributed by atoms with van der Waals surface area (Å²) in [6.07, 6.45) is 5.20. The smallest absolute Gasteiger partial charge is 0.371 e. The molecule has 18 atom stereocenters. The highest BCUT2D eigenvalue weighted by Gasteiger charge is 2.79. The molecule has 104 heavy (non-hydrogen) atoms. The van der Waals surface area contributed by atoms with Gasteiger partial charge >= 0.3 is 29.8 Å². The number of esters is 3. The van der Waals surface area contributed by atoms with Crippen molar-refractivity contribution < 1.29 is 114 Å². The number of carboxylic acids is 2. The Morgan fingerprint density at radius 2 is 1.24 bits per heavy atom. The number of thioether (sulfide) groups is 1. The molecule has 23 nitrogen and oxygen atoms in total. The summed E-state index contributed by atoms with van der Waals surface area (Å²) in [6.45, 7) is 14.6. The van der Waals surface area contributed by atoms with Crippen LogP contribution in [0.3, 0.4) is 0 Å². The standard InChI is InChI=1S/C28H37ClO7.C25H31F3O5S.C23H16O11/c1-6-23(33)35-15-22(32)28(36-24(34)7-2)16(3)12-20-19-9-8-17-13-18(30)10-11-25(17,4)27(19,29)21(31)14-26(20,28)5;1-5-20(31)33-25(21(32)34-12-26)13(2)8-15-16-10-18(27)17-9-14(29)6-7-22(17,3)24(16,28)19(30)11-23(15,25)4;24-11(9-31-12-4-5-16-13(6-12)14(25)7-19(33-16)22(27)28)10-32-17-2-1-3-18-21(17)15(26)8-20(34-18)23(29)30/h10-11,13,16,19-21,31H,6-9,12,14-15H2,1-5H3;6-7,9,13,15-16,18-19,30H,5,8,10-12H2,1-4H3;1-8,11,24H,9-10H2,(H,27,28)(H,29,30)/t16-,19-,20-,21-,25-,26-,27-,28-;13-,15+,16+,18+,19+,22+,23+,24+,25+;/m01./s1. The second-order valence-corrected chi connectivity index (χ2v) is 30.6. The SMILES string of the molecule is CCC(=O)OCC(=O)[C@@]1(OC(=O)CC)[C@@H](C)C[C@H]2[C@@H]3CCC4=CC(=O)C=C[C@]4(C)[C@@]3(Cl)[C@@H](O)C[C@@]21C.CCC(=O)O[C@]1(C(=O)SCF)[C@H](C)C[C@H]2[C@@H]3C[C@H](F)C4=CC(=O)C=C[C@]4(C)[C@@]3(F)[C@@H](O)C[C@@]21C.O=C(O)c1cc(=O)c2cc(OCC(O)COc3cccc4oc(C(=O)O)cc(=O)c34)ccc2o1. The number of carboxylic acid groups (broad SMARTS) is 2. The number of aliphatic hydroxyl groups excluding tert-OH is 3. The Morgan fingerprint density at radius 3 is 1.87 bits per heavy atom. The predicted molar refractivity (Wildman–Crippen MR) is 370 cm³/mol.